The summed E-state index contributed by atoms with van der Waals surface area (Å²) in [4.78, 5) is 1.70. The van der Waals surface area contributed by atoms with E-state index in [-0.39, 0.29) is 0 Å². The van der Waals surface area contributed by atoms with E-state index >= 15 is 0 Å². The van der Waals surface area contributed by atoms with Crippen LogP contribution in [0.4, 0.5) is 0 Å². The van der Waals surface area contributed by atoms with E-state index in [1.54, 1.807) is 4.80 Å². The van der Waals surface area contributed by atoms with Crippen molar-refractivity contribution in [2.75, 3.05) is 0 Å². The summed E-state index contributed by atoms with van der Waals surface area (Å²) in [6.45, 7) is 3.98. The fourth-order valence-corrected chi connectivity index (χ4v) is 0.649. The van der Waals surface area contributed by atoms with Crippen molar-refractivity contribution in [3.05, 3.63) is 11.4 Å². The van der Waals surface area contributed by atoms with Crippen LogP contribution in [-0.4, -0.2) is 9.90 Å². The molecule has 3 heteroatoms. The smallest absolute Gasteiger partial charge is 0.171 e. The topological polar surface area (TPSA) is 32.0 Å². The van der Waals surface area contributed by atoms with Crippen LogP contribution in [0.5, 0.6) is 0 Å². The molecule has 44 valence electrons. The van der Waals surface area contributed by atoms with E-state index in [1.165, 1.54) is 0 Å². The molecular weight excluding hydrogens is 102 g/mol. The first kappa shape index (κ1) is 5.28. The third-order valence-electron chi connectivity index (χ3n) is 1.17. The number of nitrogens with one attached hydrogen (secondary N) is 1. The van der Waals surface area contributed by atoms with Gasteiger partial charge in [0.25, 0.3) is 0 Å². The first-order valence-corrected chi connectivity index (χ1v) is 2.59. The Hall–Kier alpha value is -0.860. The van der Waals surface area contributed by atoms with Crippen LogP contribution in [0.15, 0.2) is 0 Å². The Bertz CT molecular complexity index is 170. The van der Waals surface area contributed by atoms with Crippen molar-refractivity contribution in [1.29, 1.82) is 0 Å². The molecule has 0 saturated heterocycles. The zero-order chi connectivity index (χ0) is 6.15. The molecule has 0 radical (unpaired) electrons. The van der Waals surface area contributed by atoms with E-state index in [0.717, 1.165) is 11.4 Å². The van der Waals surface area contributed by atoms with Crippen LogP contribution in [0.2, 0.25) is 0 Å². The van der Waals surface area contributed by atoms with Crippen molar-refractivity contribution in [1.82, 2.24) is 9.90 Å². The largest absolute Gasteiger partial charge is 0.218 e. The highest BCUT2D eigenvalue weighted by Crippen LogP contribution is 1.89. The molecule has 1 aromatic heterocycles. The number of nitrogens with zero attached hydrogens (tertiary/aromatic N) is 2. The summed E-state index contributed by atoms with van der Waals surface area (Å²) >= 11 is 0. The molecule has 0 bridgehead atoms. The molecule has 1 N–H and O–H groups in total. The molecule has 1 rings (SSSR count). The van der Waals surface area contributed by atoms with E-state index in [1.807, 2.05) is 20.9 Å². The van der Waals surface area contributed by atoms with Gasteiger partial charge in [-0.25, -0.2) is 0 Å². The summed E-state index contributed by atoms with van der Waals surface area (Å²) in [6.07, 6.45) is 0. The maximum absolute atomic E-state index is 4.07. The molecule has 0 atom stereocenters. The van der Waals surface area contributed by atoms with Crippen LogP contribution in [0.25, 0.3) is 0 Å². The minimum absolute atomic E-state index is 1.06. The van der Waals surface area contributed by atoms with Gasteiger partial charge in [-0.3, -0.25) is 0 Å². The Balaban J connectivity index is 3.14. The molecule has 1 aromatic rings. The van der Waals surface area contributed by atoms with Crippen LogP contribution in [-0.2, 0) is 7.05 Å². The molecular formula is C5H10N3+. The minimum atomic E-state index is 1.06. The quantitative estimate of drug-likeness (QED) is 0.459. The zero-order valence-electron chi connectivity index (χ0n) is 5.39. The third kappa shape index (κ3) is 0.710. The third-order valence-corrected chi connectivity index (χ3v) is 1.17. The Morgan fingerprint density at radius 3 is 2.25 bits per heavy atom. The average molecular weight is 112 g/mol. The second kappa shape index (κ2) is 1.58. The standard InChI is InChI=1S/C5H9N3/c1-4-5(2)7-8(3)6-4/h1-3H3/p+1. The summed E-state index contributed by atoms with van der Waals surface area (Å²) < 4.78 is 0. The molecule has 0 fully saturated rings. The molecule has 0 amide bonds. The van der Waals surface area contributed by atoms with E-state index in [9.17, 15) is 0 Å². The number of hydrogen-bond donors (Lipinski definition) is 0. The predicted molar refractivity (Wildman–Crippen MR) is 29.2 cm³/mol. The van der Waals surface area contributed by atoms with Crippen molar-refractivity contribution in [2.45, 2.75) is 13.8 Å². The summed E-state index contributed by atoms with van der Waals surface area (Å²) in [6, 6.07) is 0. The summed E-state index contributed by atoms with van der Waals surface area (Å²) in [7, 11) is 1.88. The van der Waals surface area contributed by atoms with Gasteiger partial charge in [0, 0.05) is 18.9 Å². The van der Waals surface area contributed by atoms with Gasteiger partial charge in [-0.15, -0.1) is 0 Å². The molecule has 0 saturated carbocycles. The molecule has 1 heterocycles. The van der Waals surface area contributed by atoms with Gasteiger partial charge in [0.05, 0.1) is 7.05 Å². The predicted octanol–water partition coefficient (Wildman–Crippen LogP) is -0.149. The van der Waals surface area contributed by atoms with Crippen LogP contribution >= 0.6 is 0 Å². The molecule has 8 heavy (non-hydrogen) atoms. The maximum atomic E-state index is 4.07. The maximum Gasteiger partial charge on any atom is 0.218 e. The lowest BCUT2D eigenvalue weighted by molar-refractivity contribution is -0.499. The van der Waals surface area contributed by atoms with Gasteiger partial charge in [-0.2, -0.15) is 5.10 Å². The lowest BCUT2D eigenvalue weighted by Crippen LogP contribution is -2.16. The van der Waals surface area contributed by atoms with Gasteiger partial charge in [-0.1, -0.05) is 4.80 Å². The molecule has 0 aliphatic rings. The fourth-order valence-electron chi connectivity index (χ4n) is 0.649. The van der Waals surface area contributed by atoms with Crippen molar-refractivity contribution in [3.8, 4) is 0 Å². The van der Waals surface area contributed by atoms with Crippen molar-refractivity contribution in [3.63, 3.8) is 0 Å². The summed E-state index contributed by atoms with van der Waals surface area (Å²) in [5.74, 6) is 0. The Kier molecular flexibility index (Phi) is 1.04. The highest BCUT2D eigenvalue weighted by atomic mass is 15.5. The zero-order valence-corrected chi connectivity index (χ0v) is 5.39. The van der Waals surface area contributed by atoms with Crippen molar-refractivity contribution in [2.24, 2.45) is 7.05 Å². The van der Waals surface area contributed by atoms with Crippen molar-refractivity contribution < 1.29 is 5.10 Å². The molecule has 0 aliphatic heterocycles. The average Bonchev–Trinajstić information content (AvgIpc) is 1.85. The fraction of sp³-hybridized carbons (Fsp3) is 0.600. The molecule has 0 spiro atoms. The molecule has 0 aromatic carbocycles. The summed E-state index contributed by atoms with van der Waals surface area (Å²) in [5, 5.41) is 7.08. The van der Waals surface area contributed by atoms with Crippen molar-refractivity contribution >= 4 is 0 Å². The van der Waals surface area contributed by atoms with Gasteiger partial charge in [0.1, 0.15) is 0 Å². The summed E-state index contributed by atoms with van der Waals surface area (Å²) in [5.41, 5.74) is 2.19. The van der Waals surface area contributed by atoms with Gasteiger partial charge < -0.3 is 0 Å². The first-order valence-electron chi connectivity index (χ1n) is 2.59. The second-order valence-corrected chi connectivity index (χ2v) is 1.95. The minimum Gasteiger partial charge on any atom is -0.171 e. The number of H-pyrrole nitrogens is 1. The highest BCUT2D eigenvalue weighted by Gasteiger charge is 2.04. The van der Waals surface area contributed by atoms with Crippen LogP contribution in [0.3, 0.4) is 0 Å². The van der Waals surface area contributed by atoms with Gasteiger partial charge in [0.15, 0.2) is 5.69 Å². The number of aromatic amines is 1. The lowest BCUT2D eigenvalue weighted by Gasteiger charge is -1.69. The highest BCUT2D eigenvalue weighted by molar-refractivity contribution is 4.96. The van der Waals surface area contributed by atoms with E-state index < -0.39 is 0 Å². The number of hydrogen-bond acceptors (Lipinski definition) is 1. The normalized spacial score (nSPS) is 9.88. The molecule has 0 unspecified atom stereocenters. The molecule has 0 aliphatic carbocycles. The second-order valence-electron chi connectivity index (χ2n) is 1.95. The van der Waals surface area contributed by atoms with E-state index in [0.29, 0.717) is 0 Å². The Morgan fingerprint density at radius 1 is 1.50 bits per heavy atom. The van der Waals surface area contributed by atoms with Crippen LogP contribution < -0.4 is 5.10 Å². The molecule has 3 nitrogen and oxygen atoms in total. The Morgan fingerprint density at radius 2 is 2.12 bits per heavy atom. The van der Waals surface area contributed by atoms with Gasteiger partial charge >= 0.3 is 0 Å². The number of aromatic nitrogens is 3. The van der Waals surface area contributed by atoms with Gasteiger partial charge in [-0.05, 0) is 0 Å². The van der Waals surface area contributed by atoms with Crippen LogP contribution in [0.1, 0.15) is 11.4 Å². The number of aryl methyl sites for hydroxylation is 3. The lowest BCUT2D eigenvalue weighted by atomic mass is 10.4. The number of rotatable bonds is 0. The SMILES string of the molecule is Cc1nn(C)[nH+]c1C. The first-order chi connectivity index (χ1) is 3.70. The van der Waals surface area contributed by atoms with E-state index in [2.05, 4.69) is 10.2 Å². The monoisotopic (exact) mass is 112 g/mol. The Labute approximate surface area is 48.3 Å². The van der Waals surface area contributed by atoms with E-state index in [4.69, 9.17) is 0 Å². The van der Waals surface area contributed by atoms with Crippen LogP contribution in [0, 0.1) is 13.8 Å². The van der Waals surface area contributed by atoms with Gasteiger partial charge in [0.2, 0.25) is 5.69 Å².